The van der Waals surface area contributed by atoms with Crippen molar-refractivity contribution in [1.82, 2.24) is 0 Å². The summed E-state index contributed by atoms with van der Waals surface area (Å²) in [5.41, 5.74) is 0.853. The van der Waals surface area contributed by atoms with E-state index < -0.39 is 5.97 Å². The highest BCUT2D eigenvalue weighted by atomic mass is 16.5. The van der Waals surface area contributed by atoms with Crippen LogP contribution in [0.25, 0.3) is 0 Å². The standard InChI is InChI=1S/C16H15NO5/c1-22-12-5-2-10(3-6-12)8-15(19)17-11-4-7-14(18)13(9-11)16(20)21/h2-7,9,18H,8H2,1H3,(H,17,19)(H,20,21). The number of carboxylic acid groups (broad SMARTS) is 1. The average Bonchev–Trinajstić information content (AvgIpc) is 2.49. The molecule has 2 rings (SSSR count). The number of carbonyl (C=O) groups is 2. The van der Waals surface area contributed by atoms with Gasteiger partial charge >= 0.3 is 5.97 Å². The minimum Gasteiger partial charge on any atom is -0.507 e. The molecule has 2 aromatic carbocycles. The highest BCUT2D eigenvalue weighted by molar-refractivity contribution is 5.96. The maximum atomic E-state index is 12.0. The SMILES string of the molecule is COc1ccc(CC(=O)Nc2ccc(O)c(C(=O)O)c2)cc1. The molecule has 0 atom stereocenters. The second-order valence-electron chi connectivity index (χ2n) is 4.61. The molecule has 0 aliphatic rings. The van der Waals surface area contributed by atoms with E-state index in [1.807, 2.05) is 0 Å². The monoisotopic (exact) mass is 301 g/mol. The van der Waals surface area contributed by atoms with E-state index in [4.69, 9.17) is 9.84 Å². The van der Waals surface area contributed by atoms with Crippen LogP contribution in [0.1, 0.15) is 15.9 Å². The smallest absolute Gasteiger partial charge is 0.339 e. The minimum atomic E-state index is -1.26. The van der Waals surface area contributed by atoms with E-state index in [2.05, 4.69) is 5.32 Å². The number of rotatable bonds is 5. The normalized spacial score (nSPS) is 10.0. The van der Waals surface area contributed by atoms with Gasteiger partial charge in [-0.3, -0.25) is 4.79 Å². The van der Waals surface area contributed by atoms with Gasteiger partial charge in [-0.1, -0.05) is 12.1 Å². The summed E-state index contributed by atoms with van der Waals surface area (Å²) in [6, 6.07) is 10.9. The van der Waals surface area contributed by atoms with Crippen molar-refractivity contribution >= 4 is 17.6 Å². The van der Waals surface area contributed by atoms with Crippen LogP contribution in [-0.2, 0) is 11.2 Å². The lowest BCUT2D eigenvalue weighted by Crippen LogP contribution is -2.14. The molecule has 0 aromatic heterocycles. The van der Waals surface area contributed by atoms with Crippen molar-refractivity contribution in [3.05, 3.63) is 53.6 Å². The summed E-state index contributed by atoms with van der Waals surface area (Å²) in [6.45, 7) is 0. The Kier molecular flexibility index (Phi) is 4.63. The lowest BCUT2D eigenvalue weighted by atomic mass is 10.1. The first kappa shape index (κ1) is 15.4. The molecule has 0 aliphatic heterocycles. The molecule has 1 amide bonds. The van der Waals surface area contributed by atoms with Gasteiger partial charge in [0, 0.05) is 5.69 Å². The largest absolute Gasteiger partial charge is 0.507 e. The molecule has 0 heterocycles. The van der Waals surface area contributed by atoms with Gasteiger partial charge in [0.15, 0.2) is 0 Å². The van der Waals surface area contributed by atoms with Crippen molar-refractivity contribution in [2.24, 2.45) is 0 Å². The van der Waals surface area contributed by atoms with Crippen LogP contribution in [0.4, 0.5) is 5.69 Å². The van der Waals surface area contributed by atoms with Gasteiger partial charge in [0.05, 0.1) is 13.5 Å². The number of carboxylic acids is 1. The first-order valence-electron chi connectivity index (χ1n) is 6.48. The van der Waals surface area contributed by atoms with Gasteiger partial charge < -0.3 is 20.3 Å². The molecule has 0 aliphatic carbocycles. The Morgan fingerprint density at radius 3 is 2.41 bits per heavy atom. The van der Waals surface area contributed by atoms with Gasteiger partial charge in [-0.25, -0.2) is 4.79 Å². The molecular formula is C16H15NO5. The molecule has 6 nitrogen and oxygen atoms in total. The molecule has 6 heteroatoms. The summed E-state index contributed by atoms with van der Waals surface area (Å²) in [5, 5.41) is 20.9. The summed E-state index contributed by atoms with van der Waals surface area (Å²) >= 11 is 0. The maximum absolute atomic E-state index is 12.0. The molecule has 22 heavy (non-hydrogen) atoms. The third-order valence-electron chi connectivity index (χ3n) is 3.03. The van der Waals surface area contributed by atoms with E-state index in [9.17, 15) is 14.7 Å². The van der Waals surface area contributed by atoms with Crippen LogP contribution in [0.2, 0.25) is 0 Å². The predicted molar refractivity (Wildman–Crippen MR) is 80.4 cm³/mol. The minimum absolute atomic E-state index is 0.146. The van der Waals surface area contributed by atoms with Crippen LogP contribution in [0.3, 0.4) is 0 Å². The van der Waals surface area contributed by atoms with Crippen LogP contribution in [0, 0.1) is 0 Å². The number of methoxy groups -OCH3 is 1. The van der Waals surface area contributed by atoms with Crippen molar-refractivity contribution in [3.8, 4) is 11.5 Å². The van der Waals surface area contributed by atoms with Crippen LogP contribution < -0.4 is 10.1 Å². The fraction of sp³-hybridized carbons (Fsp3) is 0.125. The van der Waals surface area contributed by atoms with Crippen molar-refractivity contribution in [2.75, 3.05) is 12.4 Å². The summed E-state index contributed by atoms with van der Waals surface area (Å²) in [4.78, 5) is 22.9. The van der Waals surface area contributed by atoms with E-state index in [1.54, 1.807) is 31.4 Å². The number of anilines is 1. The van der Waals surface area contributed by atoms with E-state index in [0.29, 0.717) is 11.4 Å². The van der Waals surface area contributed by atoms with Crippen LogP contribution in [0.15, 0.2) is 42.5 Å². The van der Waals surface area contributed by atoms with Gasteiger partial charge in [-0.15, -0.1) is 0 Å². The number of phenols is 1. The third-order valence-corrected chi connectivity index (χ3v) is 3.03. The molecule has 0 spiro atoms. The van der Waals surface area contributed by atoms with Gasteiger partial charge in [0.2, 0.25) is 5.91 Å². The fourth-order valence-electron chi connectivity index (χ4n) is 1.92. The topological polar surface area (TPSA) is 95.9 Å². The van der Waals surface area contributed by atoms with Crippen molar-refractivity contribution in [3.63, 3.8) is 0 Å². The number of aromatic carboxylic acids is 1. The van der Waals surface area contributed by atoms with E-state index in [0.717, 1.165) is 5.56 Å². The zero-order valence-corrected chi connectivity index (χ0v) is 11.9. The maximum Gasteiger partial charge on any atom is 0.339 e. The molecule has 0 fully saturated rings. The van der Waals surface area contributed by atoms with Gasteiger partial charge in [0.25, 0.3) is 0 Å². The van der Waals surface area contributed by atoms with Crippen LogP contribution in [0.5, 0.6) is 11.5 Å². The number of amides is 1. The zero-order chi connectivity index (χ0) is 16.1. The van der Waals surface area contributed by atoms with Crippen LogP contribution in [-0.4, -0.2) is 29.2 Å². The molecule has 0 bridgehead atoms. The summed E-state index contributed by atoms with van der Waals surface area (Å²) in [7, 11) is 1.56. The zero-order valence-electron chi connectivity index (χ0n) is 11.9. The van der Waals surface area contributed by atoms with E-state index >= 15 is 0 Å². The number of benzene rings is 2. The quantitative estimate of drug-likeness (QED) is 0.736. The molecular weight excluding hydrogens is 286 g/mol. The number of carbonyl (C=O) groups excluding carboxylic acids is 1. The Balaban J connectivity index is 2.05. The van der Waals surface area contributed by atoms with Gasteiger partial charge in [-0.2, -0.15) is 0 Å². The molecule has 2 aromatic rings. The molecule has 0 unspecified atom stereocenters. The van der Waals surface area contributed by atoms with E-state index in [1.165, 1.54) is 18.2 Å². The van der Waals surface area contributed by atoms with Crippen molar-refractivity contribution in [2.45, 2.75) is 6.42 Å². The Labute approximate surface area is 127 Å². The van der Waals surface area contributed by atoms with Gasteiger partial charge in [-0.05, 0) is 35.9 Å². The summed E-state index contributed by atoms with van der Waals surface area (Å²) in [5.74, 6) is -1.19. The Morgan fingerprint density at radius 2 is 1.82 bits per heavy atom. The first-order chi connectivity index (χ1) is 10.5. The summed E-state index contributed by atoms with van der Waals surface area (Å²) in [6.07, 6.45) is 0.146. The molecule has 114 valence electrons. The Bertz CT molecular complexity index is 694. The number of hydrogen-bond acceptors (Lipinski definition) is 4. The van der Waals surface area contributed by atoms with Crippen molar-refractivity contribution < 1.29 is 24.5 Å². The predicted octanol–water partition coefficient (Wildman–Crippen LogP) is 2.28. The van der Waals surface area contributed by atoms with Crippen LogP contribution >= 0.6 is 0 Å². The van der Waals surface area contributed by atoms with Crippen molar-refractivity contribution in [1.29, 1.82) is 0 Å². The molecule has 0 saturated heterocycles. The lowest BCUT2D eigenvalue weighted by Gasteiger charge is -2.08. The lowest BCUT2D eigenvalue weighted by molar-refractivity contribution is -0.115. The summed E-state index contributed by atoms with van der Waals surface area (Å²) < 4.78 is 5.04. The molecule has 0 saturated carbocycles. The van der Waals surface area contributed by atoms with Gasteiger partial charge in [0.1, 0.15) is 17.1 Å². The number of nitrogens with one attached hydrogen (secondary N) is 1. The third kappa shape index (κ3) is 3.76. The highest BCUT2D eigenvalue weighted by Gasteiger charge is 2.11. The fourth-order valence-corrected chi connectivity index (χ4v) is 1.92. The number of hydrogen-bond donors (Lipinski definition) is 3. The number of aromatic hydroxyl groups is 1. The average molecular weight is 301 g/mol. The Hall–Kier alpha value is -3.02. The van der Waals surface area contributed by atoms with E-state index in [-0.39, 0.29) is 23.6 Å². The first-order valence-corrected chi connectivity index (χ1v) is 6.48. The Morgan fingerprint density at radius 1 is 1.14 bits per heavy atom. The second-order valence-corrected chi connectivity index (χ2v) is 4.61. The second kappa shape index (κ2) is 6.62. The highest BCUT2D eigenvalue weighted by Crippen LogP contribution is 2.21. The number of ether oxygens (including phenoxy) is 1. The molecule has 3 N–H and O–H groups in total. The molecule has 0 radical (unpaired) electrons.